The van der Waals surface area contributed by atoms with Crippen molar-refractivity contribution in [2.75, 3.05) is 11.9 Å². The second-order valence-electron chi connectivity index (χ2n) is 7.41. The van der Waals surface area contributed by atoms with Crippen molar-refractivity contribution in [3.05, 3.63) is 71.4 Å². The maximum atomic E-state index is 11.0. The number of aromatic nitrogens is 1. The Labute approximate surface area is 164 Å². The fraction of sp³-hybridized carbons (Fsp3) is 0.304. The molecule has 2 atom stereocenters. The molecule has 5 nitrogen and oxygen atoms in total. The number of anilines is 1. The number of rotatable bonds is 6. The Morgan fingerprint density at radius 3 is 3.07 bits per heavy atom. The normalized spacial score (nSPS) is 20.2. The highest BCUT2D eigenvalue weighted by molar-refractivity contribution is 5.70. The Morgan fingerprint density at radius 1 is 1.43 bits per heavy atom. The second-order valence-corrected chi connectivity index (χ2v) is 7.41. The minimum Gasteiger partial charge on any atom is -0.492 e. The number of carboxylic acids is 1. The van der Waals surface area contributed by atoms with Crippen molar-refractivity contribution in [1.29, 1.82) is 0 Å². The van der Waals surface area contributed by atoms with Crippen molar-refractivity contribution in [2.24, 2.45) is 0 Å². The molecule has 0 saturated carbocycles. The van der Waals surface area contributed by atoms with Crippen molar-refractivity contribution in [3.63, 3.8) is 0 Å². The molecule has 2 N–H and O–H groups in total. The molecule has 0 saturated heterocycles. The third kappa shape index (κ3) is 3.40. The highest BCUT2D eigenvalue weighted by Crippen LogP contribution is 2.40. The largest absolute Gasteiger partial charge is 0.492 e. The lowest BCUT2D eigenvalue weighted by molar-refractivity contribution is -0.137. The van der Waals surface area contributed by atoms with E-state index < -0.39 is 5.97 Å². The molecule has 4 rings (SSSR count). The van der Waals surface area contributed by atoms with Crippen LogP contribution in [0.25, 0.3) is 5.57 Å². The van der Waals surface area contributed by atoms with Crippen LogP contribution in [-0.2, 0) is 11.2 Å². The van der Waals surface area contributed by atoms with Gasteiger partial charge >= 0.3 is 5.97 Å². The summed E-state index contributed by atoms with van der Waals surface area (Å²) < 4.78 is 5.70. The molecule has 1 aliphatic heterocycles. The summed E-state index contributed by atoms with van der Waals surface area (Å²) in [6.07, 6.45) is 7.72. The minimum absolute atomic E-state index is 0.0673. The zero-order valence-electron chi connectivity index (χ0n) is 15.9. The van der Waals surface area contributed by atoms with Gasteiger partial charge in [0.15, 0.2) is 0 Å². The van der Waals surface area contributed by atoms with E-state index in [0.717, 1.165) is 30.0 Å². The minimum atomic E-state index is -0.817. The highest BCUT2D eigenvalue weighted by atomic mass is 16.5. The molecule has 1 aromatic heterocycles. The Morgan fingerprint density at radius 2 is 2.29 bits per heavy atom. The molecular formula is C23H24N2O3. The molecule has 28 heavy (non-hydrogen) atoms. The molecule has 1 aromatic carbocycles. The zero-order valence-corrected chi connectivity index (χ0v) is 15.9. The molecule has 2 heterocycles. The van der Waals surface area contributed by atoms with E-state index in [2.05, 4.69) is 42.0 Å². The molecule has 2 aromatic rings. The van der Waals surface area contributed by atoms with Gasteiger partial charge in [-0.25, -0.2) is 4.98 Å². The monoisotopic (exact) mass is 376 g/mol. The molecule has 2 unspecified atom stereocenters. The van der Waals surface area contributed by atoms with E-state index in [4.69, 9.17) is 9.84 Å². The molecule has 2 aliphatic rings. The maximum Gasteiger partial charge on any atom is 0.304 e. The fourth-order valence-corrected chi connectivity index (χ4v) is 4.24. The van der Waals surface area contributed by atoms with E-state index in [9.17, 15) is 4.79 Å². The van der Waals surface area contributed by atoms with Crippen LogP contribution < -0.4 is 10.1 Å². The Hall–Kier alpha value is -3.08. The van der Waals surface area contributed by atoms with E-state index in [1.807, 2.05) is 18.2 Å². The average Bonchev–Trinajstić information content (AvgIpc) is 3.26. The molecule has 0 radical (unpaired) electrons. The zero-order chi connectivity index (χ0) is 19.7. The molecule has 0 spiro atoms. The lowest BCUT2D eigenvalue weighted by atomic mass is 9.97. The first-order chi connectivity index (χ1) is 13.6. The van der Waals surface area contributed by atoms with E-state index in [-0.39, 0.29) is 18.4 Å². The van der Waals surface area contributed by atoms with Crippen LogP contribution in [0.2, 0.25) is 0 Å². The summed E-state index contributed by atoms with van der Waals surface area (Å²) in [4.78, 5) is 15.5. The topological polar surface area (TPSA) is 71.5 Å². The number of hydrogen-bond donors (Lipinski definition) is 2. The van der Waals surface area contributed by atoms with Crippen LogP contribution in [-0.4, -0.2) is 22.7 Å². The van der Waals surface area contributed by atoms with Gasteiger partial charge in [-0.1, -0.05) is 36.9 Å². The number of fused-ring (bicyclic) bond motifs is 2. The molecule has 5 heteroatoms. The summed E-state index contributed by atoms with van der Waals surface area (Å²) in [5.74, 6) is 0.558. The number of carboxylic acid groups (broad SMARTS) is 1. The lowest BCUT2D eigenvalue weighted by Gasteiger charge is -2.16. The van der Waals surface area contributed by atoms with Gasteiger partial charge in [0, 0.05) is 23.7 Å². The van der Waals surface area contributed by atoms with Crippen LogP contribution in [0.3, 0.4) is 0 Å². The smallest absolute Gasteiger partial charge is 0.304 e. The summed E-state index contributed by atoms with van der Waals surface area (Å²) >= 11 is 0. The number of nitrogens with zero attached hydrogens (tertiary/aromatic N) is 1. The number of pyridine rings is 1. The van der Waals surface area contributed by atoms with Gasteiger partial charge in [0.1, 0.15) is 11.6 Å². The summed E-state index contributed by atoms with van der Waals surface area (Å²) in [7, 11) is 0. The first-order valence-electron chi connectivity index (χ1n) is 9.59. The Kier molecular flexibility index (Phi) is 4.90. The van der Waals surface area contributed by atoms with Gasteiger partial charge in [-0.15, -0.1) is 0 Å². The molecule has 0 fully saturated rings. The maximum absolute atomic E-state index is 11.0. The van der Waals surface area contributed by atoms with Crippen LogP contribution in [0.4, 0.5) is 5.82 Å². The first kappa shape index (κ1) is 18.3. The third-order valence-electron chi connectivity index (χ3n) is 5.58. The number of benzene rings is 1. The van der Waals surface area contributed by atoms with E-state index >= 15 is 0 Å². The number of aliphatic carboxylic acids is 1. The van der Waals surface area contributed by atoms with E-state index in [0.29, 0.717) is 6.61 Å². The van der Waals surface area contributed by atoms with Crippen molar-refractivity contribution in [2.45, 2.75) is 38.1 Å². The van der Waals surface area contributed by atoms with Crippen LogP contribution in [0.1, 0.15) is 54.0 Å². The van der Waals surface area contributed by atoms with Gasteiger partial charge in [-0.2, -0.15) is 0 Å². The number of carbonyl (C=O) groups is 1. The van der Waals surface area contributed by atoms with E-state index in [1.165, 1.54) is 22.3 Å². The highest BCUT2D eigenvalue weighted by Gasteiger charge is 2.29. The molecule has 0 bridgehead atoms. The number of ether oxygens (including phenoxy) is 1. The quantitative estimate of drug-likeness (QED) is 0.714. The standard InChI is InChI=1S/C23H24N2O3/c1-3-5-14(2)16-6-4-7-18-17(16)8-9-20(18)25-22-11-21-19(12-24-22)15(13-28-21)10-23(26)27/h3-7,11-12,15,20H,1,8-10,13H2,2H3,(H,24,25)(H,26,27)/b14-5+. The van der Waals surface area contributed by atoms with Crippen molar-refractivity contribution in [3.8, 4) is 5.75 Å². The number of nitrogens with one attached hydrogen (secondary N) is 1. The SMILES string of the molecule is C=C/C=C(\C)c1cccc2c1CCC2Nc1cc2c(cn1)C(CC(=O)O)CO2. The molecule has 144 valence electrons. The van der Waals surface area contributed by atoms with Crippen molar-refractivity contribution < 1.29 is 14.6 Å². The second kappa shape index (κ2) is 7.50. The summed E-state index contributed by atoms with van der Waals surface area (Å²) in [6.45, 7) is 6.31. The van der Waals surface area contributed by atoms with Gasteiger partial charge < -0.3 is 15.2 Å². The van der Waals surface area contributed by atoms with Gasteiger partial charge in [0.05, 0.1) is 19.1 Å². The molecular weight excluding hydrogens is 352 g/mol. The Balaban J connectivity index is 1.55. The van der Waals surface area contributed by atoms with Crippen LogP contribution >= 0.6 is 0 Å². The van der Waals surface area contributed by atoms with Crippen LogP contribution in [0.5, 0.6) is 5.75 Å². The predicted molar refractivity (Wildman–Crippen MR) is 110 cm³/mol. The fourth-order valence-electron chi connectivity index (χ4n) is 4.24. The van der Waals surface area contributed by atoms with Gasteiger partial charge in [0.2, 0.25) is 0 Å². The summed E-state index contributed by atoms with van der Waals surface area (Å²) in [5, 5.41) is 12.6. The summed E-state index contributed by atoms with van der Waals surface area (Å²) in [5.41, 5.74) is 6.08. The van der Waals surface area contributed by atoms with Gasteiger partial charge in [-0.3, -0.25) is 4.79 Å². The number of allylic oxidation sites excluding steroid dienone is 3. The Bertz CT molecular complexity index is 964. The van der Waals surface area contributed by atoms with Crippen molar-refractivity contribution >= 4 is 17.4 Å². The van der Waals surface area contributed by atoms with E-state index in [1.54, 1.807) is 6.20 Å². The van der Waals surface area contributed by atoms with Crippen molar-refractivity contribution in [1.82, 2.24) is 4.98 Å². The molecule has 1 aliphatic carbocycles. The average molecular weight is 376 g/mol. The molecule has 0 amide bonds. The van der Waals surface area contributed by atoms with Crippen LogP contribution in [0.15, 0.2) is 49.2 Å². The first-order valence-corrected chi connectivity index (χ1v) is 9.59. The van der Waals surface area contributed by atoms with Gasteiger partial charge in [-0.05, 0) is 42.0 Å². The summed E-state index contributed by atoms with van der Waals surface area (Å²) in [6, 6.07) is 8.54. The van der Waals surface area contributed by atoms with Crippen LogP contribution in [0, 0.1) is 0 Å². The lowest BCUT2D eigenvalue weighted by Crippen LogP contribution is -2.09. The third-order valence-corrected chi connectivity index (χ3v) is 5.58. The predicted octanol–water partition coefficient (Wildman–Crippen LogP) is 4.72. The number of hydrogen-bond acceptors (Lipinski definition) is 4. The van der Waals surface area contributed by atoms with Gasteiger partial charge in [0.25, 0.3) is 0 Å².